The Morgan fingerprint density at radius 3 is 2.50 bits per heavy atom. The maximum atomic E-state index is 5.26. The van der Waals surface area contributed by atoms with Crippen LogP contribution in [0.1, 0.15) is 11.1 Å². The quantitative estimate of drug-likeness (QED) is 0.698. The van der Waals surface area contributed by atoms with E-state index in [4.69, 9.17) is 10.9 Å². The van der Waals surface area contributed by atoms with E-state index in [0.29, 0.717) is 6.61 Å². The second kappa shape index (κ2) is 5.96. The molecular weight excluding hydrogens is 410 g/mol. The highest BCUT2D eigenvalue weighted by atomic mass is 127. The van der Waals surface area contributed by atoms with Gasteiger partial charge in [-0.15, -0.1) is 0 Å². The van der Waals surface area contributed by atoms with E-state index < -0.39 is 0 Å². The second-order valence-electron chi connectivity index (χ2n) is 2.76. The van der Waals surface area contributed by atoms with E-state index in [0.717, 1.165) is 22.6 Å². The highest BCUT2D eigenvalue weighted by molar-refractivity contribution is 14.1. The third-order valence-electron chi connectivity index (χ3n) is 1.85. The number of rotatable bonds is 4. The highest BCUT2D eigenvalue weighted by Crippen LogP contribution is 2.31. The van der Waals surface area contributed by atoms with E-state index in [2.05, 4.69) is 0 Å². The number of halogens is 2. The zero-order valence-corrected chi connectivity index (χ0v) is 12.2. The second-order valence-corrected chi connectivity index (χ2v) is 3.83. The Kier molecular flexibility index (Phi) is 5.24. The van der Waals surface area contributed by atoms with Gasteiger partial charge in [-0.2, -0.15) is 0 Å². The summed E-state index contributed by atoms with van der Waals surface area (Å²) in [7, 11) is 1.65. The molecular formula is C9H10I2O3. The average molecular weight is 420 g/mol. The number of methoxy groups -OCH3 is 1. The minimum atomic E-state index is 0.511. The van der Waals surface area contributed by atoms with Crippen LogP contribution in [0.25, 0.3) is 0 Å². The molecule has 0 saturated carbocycles. The molecule has 1 aromatic rings. The predicted molar refractivity (Wildman–Crippen MR) is 71.2 cm³/mol. The number of benzene rings is 1. The molecule has 1 rings (SSSR count). The van der Waals surface area contributed by atoms with Gasteiger partial charge in [0.1, 0.15) is 34.5 Å². The van der Waals surface area contributed by atoms with Crippen LogP contribution in [0, 0.1) is 6.92 Å². The third-order valence-corrected chi connectivity index (χ3v) is 2.60. The largest absolute Gasteiger partial charge is 0.497 e. The summed E-state index contributed by atoms with van der Waals surface area (Å²) in [5, 5.41) is 0. The topological polar surface area (TPSA) is 27.7 Å². The SMILES string of the molecule is COc1cc(C)c(OI)c(COI)c1. The molecule has 14 heavy (non-hydrogen) atoms. The fraction of sp³-hybridized carbons (Fsp3) is 0.333. The number of aryl methyl sites for hydroxylation is 1. The van der Waals surface area contributed by atoms with Crippen LogP contribution in [0.4, 0.5) is 0 Å². The van der Waals surface area contributed by atoms with Crippen LogP contribution < -0.4 is 7.80 Å². The van der Waals surface area contributed by atoms with Gasteiger partial charge >= 0.3 is 0 Å². The first-order valence-electron chi connectivity index (χ1n) is 3.92. The van der Waals surface area contributed by atoms with Crippen molar-refractivity contribution < 1.29 is 10.9 Å². The molecule has 0 saturated heterocycles. The van der Waals surface area contributed by atoms with Crippen LogP contribution in [0.5, 0.6) is 11.5 Å². The fourth-order valence-corrected chi connectivity index (χ4v) is 2.17. The van der Waals surface area contributed by atoms with Crippen molar-refractivity contribution in [2.24, 2.45) is 0 Å². The van der Waals surface area contributed by atoms with Crippen molar-refractivity contribution in [3.8, 4) is 11.5 Å². The molecule has 1 aromatic carbocycles. The van der Waals surface area contributed by atoms with Crippen LogP contribution in [0.3, 0.4) is 0 Å². The number of hydrogen-bond acceptors (Lipinski definition) is 3. The van der Waals surface area contributed by atoms with Crippen LogP contribution in [-0.2, 0) is 9.67 Å². The van der Waals surface area contributed by atoms with Gasteiger partial charge in [0.15, 0.2) is 23.0 Å². The van der Waals surface area contributed by atoms with Crippen molar-refractivity contribution in [1.29, 1.82) is 0 Å². The zero-order valence-electron chi connectivity index (χ0n) is 7.84. The maximum absolute atomic E-state index is 5.26. The molecule has 0 atom stereocenters. The van der Waals surface area contributed by atoms with Crippen LogP contribution >= 0.6 is 46.0 Å². The summed E-state index contributed by atoms with van der Waals surface area (Å²) in [6.45, 7) is 2.49. The molecule has 0 N–H and O–H groups in total. The van der Waals surface area contributed by atoms with Crippen molar-refractivity contribution in [2.75, 3.05) is 7.11 Å². The molecule has 0 aliphatic rings. The maximum Gasteiger partial charge on any atom is 0.192 e. The first-order chi connectivity index (χ1) is 6.72. The van der Waals surface area contributed by atoms with Gasteiger partial charge in [0.25, 0.3) is 0 Å². The van der Waals surface area contributed by atoms with Crippen molar-refractivity contribution in [3.63, 3.8) is 0 Å². The Balaban J connectivity index is 3.13. The Morgan fingerprint density at radius 1 is 1.29 bits per heavy atom. The zero-order chi connectivity index (χ0) is 10.6. The van der Waals surface area contributed by atoms with Gasteiger partial charge in [0.2, 0.25) is 0 Å². The molecule has 0 spiro atoms. The van der Waals surface area contributed by atoms with Crippen molar-refractivity contribution in [3.05, 3.63) is 23.3 Å². The molecule has 0 aliphatic carbocycles. The van der Waals surface area contributed by atoms with E-state index in [1.54, 1.807) is 7.11 Å². The summed E-state index contributed by atoms with van der Waals surface area (Å²) in [4.78, 5) is 0. The summed E-state index contributed by atoms with van der Waals surface area (Å²) < 4.78 is 15.5. The summed E-state index contributed by atoms with van der Waals surface area (Å²) >= 11 is 3.73. The lowest BCUT2D eigenvalue weighted by Gasteiger charge is -2.10. The Morgan fingerprint density at radius 2 is 2.00 bits per heavy atom. The van der Waals surface area contributed by atoms with Crippen molar-refractivity contribution in [2.45, 2.75) is 13.5 Å². The molecule has 0 unspecified atom stereocenters. The Labute approximate surface area is 111 Å². The van der Waals surface area contributed by atoms with E-state index in [9.17, 15) is 0 Å². The molecule has 5 heteroatoms. The molecule has 0 fully saturated rings. The number of hydrogen-bond donors (Lipinski definition) is 0. The summed E-state index contributed by atoms with van der Waals surface area (Å²) in [6, 6.07) is 3.85. The van der Waals surface area contributed by atoms with E-state index in [1.165, 1.54) is 0 Å². The molecule has 0 bridgehead atoms. The lowest BCUT2D eigenvalue weighted by atomic mass is 10.1. The molecule has 78 valence electrons. The van der Waals surface area contributed by atoms with Crippen molar-refractivity contribution in [1.82, 2.24) is 0 Å². The molecule has 0 heterocycles. The van der Waals surface area contributed by atoms with Crippen molar-refractivity contribution >= 4 is 46.0 Å². The minimum absolute atomic E-state index is 0.511. The van der Waals surface area contributed by atoms with Gasteiger partial charge in [-0.05, 0) is 24.6 Å². The Bertz CT molecular complexity index is 315. The molecule has 0 radical (unpaired) electrons. The smallest absolute Gasteiger partial charge is 0.192 e. The highest BCUT2D eigenvalue weighted by Gasteiger charge is 2.09. The molecule has 0 aliphatic heterocycles. The van der Waals surface area contributed by atoms with Crippen LogP contribution in [-0.4, -0.2) is 7.11 Å². The summed E-state index contributed by atoms with van der Waals surface area (Å²) in [5.41, 5.74) is 2.04. The van der Waals surface area contributed by atoms with E-state index >= 15 is 0 Å². The van der Waals surface area contributed by atoms with Gasteiger partial charge < -0.3 is 10.9 Å². The van der Waals surface area contributed by atoms with Crippen LogP contribution in [0.2, 0.25) is 0 Å². The third kappa shape index (κ3) is 2.86. The monoisotopic (exact) mass is 420 g/mol. The van der Waals surface area contributed by atoms with Crippen LogP contribution in [0.15, 0.2) is 12.1 Å². The lowest BCUT2D eigenvalue weighted by molar-refractivity contribution is 0.398. The lowest BCUT2D eigenvalue weighted by Crippen LogP contribution is -1.94. The minimum Gasteiger partial charge on any atom is -0.497 e. The summed E-state index contributed by atoms with van der Waals surface area (Å²) in [5.74, 6) is 1.67. The van der Waals surface area contributed by atoms with Gasteiger partial charge in [0.05, 0.1) is 13.7 Å². The van der Waals surface area contributed by atoms with Gasteiger partial charge in [-0.25, -0.2) is 0 Å². The Hall–Kier alpha value is 0.240. The van der Waals surface area contributed by atoms with Gasteiger partial charge in [-0.1, -0.05) is 0 Å². The standard InChI is InChI=1S/C9H10I2O3/c1-6-3-8(12-2)4-7(5-13-10)9(6)14-11/h3-4H,5H2,1-2H3. The molecule has 0 amide bonds. The normalized spacial score (nSPS) is 10.0. The molecule has 3 nitrogen and oxygen atoms in total. The fourth-order valence-electron chi connectivity index (χ4n) is 1.21. The number of ether oxygens (including phenoxy) is 1. The van der Waals surface area contributed by atoms with Gasteiger partial charge in [-0.3, -0.25) is 0 Å². The van der Waals surface area contributed by atoms with Gasteiger partial charge in [0, 0.05) is 5.56 Å². The average Bonchev–Trinajstić information content (AvgIpc) is 2.18. The first-order valence-corrected chi connectivity index (χ1v) is 5.68. The predicted octanol–water partition coefficient (Wildman–Crippen LogP) is 3.60. The van der Waals surface area contributed by atoms with E-state index in [1.807, 2.05) is 65.1 Å². The molecule has 0 aromatic heterocycles. The summed E-state index contributed by atoms with van der Waals surface area (Å²) in [6.07, 6.45) is 0. The van der Waals surface area contributed by atoms with E-state index in [-0.39, 0.29) is 0 Å². The first kappa shape index (κ1) is 12.3.